The van der Waals surface area contributed by atoms with Crippen LogP contribution in [-0.2, 0) is 0 Å². The average Bonchev–Trinajstić information content (AvgIpc) is 2.62. The summed E-state index contributed by atoms with van der Waals surface area (Å²) in [5.74, 6) is -0.0121. The smallest absolute Gasteiger partial charge is 0.272 e. The topological polar surface area (TPSA) is 56.7 Å². The van der Waals surface area contributed by atoms with Crippen molar-refractivity contribution >= 4 is 5.91 Å². The Morgan fingerprint density at radius 3 is 2.46 bits per heavy atom. The van der Waals surface area contributed by atoms with Gasteiger partial charge in [0.05, 0.1) is 6.10 Å². The fraction of sp³-hybridized carbons (Fsp3) is 0.368. The predicted octanol–water partition coefficient (Wildman–Crippen LogP) is 1.88. The molecule has 5 heteroatoms. The molecule has 0 saturated carbocycles. The first-order valence-corrected chi connectivity index (χ1v) is 8.32. The van der Waals surface area contributed by atoms with E-state index in [0.29, 0.717) is 25.3 Å². The number of aromatic nitrogens is 1. The summed E-state index contributed by atoms with van der Waals surface area (Å²) in [6.45, 7) is 5.34. The van der Waals surface area contributed by atoms with Gasteiger partial charge in [0.2, 0.25) is 0 Å². The van der Waals surface area contributed by atoms with Crippen molar-refractivity contribution in [3.8, 4) is 0 Å². The number of piperazine rings is 1. The van der Waals surface area contributed by atoms with E-state index in [2.05, 4.69) is 9.88 Å². The van der Waals surface area contributed by atoms with Crippen LogP contribution in [-0.4, -0.2) is 58.5 Å². The summed E-state index contributed by atoms with van der Waals surface area (Å²) in [4.78, 5) is 20.8. The van der Waals surface area contributed by atoms with Crippen LogP contribution < -0.4 is 0 Å². The Hall–Kier alpha value is -2.24. The van der Waals surface area contributed by atoms with Crippen molar-refractivity contribution in [3.05, 3.63) is 65.5 Å². The van der Waals surface area contributed by atoms with Gasteiger partial charge >= 0.3 is 0 Å². The zero-order valence-electron chi connectivity index (χ0n) is 13.9. The van der Waals surface area contributed by atoms with Crippen LogP contribution >= 0.6 is 0 Å². The second-order valence-electron chi connectivity index (χ2n) is 6.18. The van der Waals surface area contributed by atoms with Crippen LogP contribution in [0.4, 0.5) is 0 Å². The summed E-state index contributed by atoms with van der Waals surface area (Å²) in [7, 11) is 0. The molecule has 0 aliphatic carbocycles. The van der Waals surface area contributed by atoms with Gasteiger partial charge in [0.15, 0.2) is 0 Å². The lowest BCUT2D eigenvalue weighted by Gasteiger charge is -2.35. The Bertz CT molecular complexity index is 682. The van der Waals surface area contributed by atoms with E-state index in [9.17, 15) is 9.90 Å². The number of benzene rings is 1. The largest absolute Gasteiger partial charge is 0.387 e. The third-order valence-electron chi connectivity index (χ3n) is 4.38. The van der Waals surface area contributed by atoms with Gasteiger partial charge in [-0.3, -0.25) is 9.69 Å². The van der Waals surface area contributed by atoms with E-state index in [4.69, 9.17) is 0 Å². The van der Waals surface area contributed by atoms with Crippen molar-refractivity contribution in [3.63, 3.8) is 0 Å². The molecule has 0 bridgehead atoms. The number of nitrogens with zero attached hydrogens (tertiary/aromatic N) is 3. The number of rotatable bonds is 4. The maximum absolute atomic E-state index is 12.5. The zero-order chi connectivity index (χ0) is 16.9. The van der Waals surface area contributed by atoms with Crippen molar-refractivity contribution in [2.75, 3.05) is 32.7 Å². The van der Waals surface area contributed by atoms with Crippen molar-refractivity contribution in [1.82, 2.24) is 14.8 Å². The van der Waals surface area contributed by atoms with Crippen molar-refractivity contribution in [1.29, 1.82) is 0 Å². The number of hydrogen-bond acceptors (Lipinski definition) is 4. The van der Waals surface area contributed by atoms with Gasteiger partial charge in [-0.1, -0.05) is 36.4 Å². The standard InChI is InChI=1S/C19H23N3O2/c1-15-6-5-9-17(20-15)19(24)22-12-10-21(11-13-22)14-18(23)16-7-3-2-4-8-16/h2-9,18,23H,10-14H2,1H3. The number of aliphatic hydroxyl groups excluding tert-OH is 1. The van der Waals surface area contributed by atoms with E-state index in [1.165, 1.54) is 0 Å². The van der Waals surface area contributed by atoms with Gasteiger partial charge in [0.25, 0.3) is 5.91 Å². The first-order valence-electron chi connectivity index (χ1n) is 8.32. The molecular formula is C19H23N3O2. The molecule has 1 saturated heterocycles. The first-order chi connectivity index (χ1) is 11.6. The summed E-state index contributed by atoms with van der Waals surface area (Å²) >= 11 is 0. The average molecular weight is 325 g/mol. The summed E-state index contributed by atoms with van der Waals surface area (Å²) in [6, 6.07) is 15.2. The number of amides is 1. The van der Waals surface area contributed by atoms with Crippen LogP contribution in [0.1, 0.15) is 27.8 Å². The quantitative estimate of drug-likeness (QED) is 0.932. The molecular weight excluding hydrogens is 302 g/mol. The number of hydrogen-bond donors (Lipinski definition) is 1. The van der Waals surface area contributed by atoms with E-state index in [1.807, 2.05) is 54.3 Å². The van der Waals surface area contributed by atoms with Gasteiger partial charge in [0.1, 0.15) is 5.69 Å². The molecule has 1 atom stereocenters. The highest BCUT2D eigenvalue weighted by Crippen LogP contribution is 2.15. The molecule has 126 valence electrons. The second-order valence-corrected chi connectivity index (χ2v) is 6.18. The van der Waals surface area contributed by atoms with Gasteiger partial charge in [0, 0.05) is 38.4 Å². The minimum absolute atomic E-state index is 0.0121. The number of aryl methyl sites for hydroxylation is 1. The zero-order valence-corrected chi connectivity index (χ0v) is 13.9. The molecule has 0 spiro atoms. The van der Waals surface area contributed by atoms with Crippen LogP contribution in [0.5, 0.6) is 0 Å². The van der Waals surface area contributed by atoms with E-state index in [-0.39, 0.29) is 5.91 Å². The highest BCUT2D eigenvalue weighted by molar-refractivity contribution is 5.92. The molecule has 1 fully saturated rings. The summed E-state index contributed by atoms with van der Waals surface area (Å²) < 4.78 is 0. The number of pyridine rings is 1. The number of β-amino-alcohol motifs (C(OH)–C–C–N with tert-alkyl or cyclic N) is 1. The molecule has 1 aliphatic heterocycles. The maximum Gasteiger partial charge on any atom is 0.272 e. The van der Waals surface area contributed by atoms with E-state index in [0.717, 1.165) is 24.3 Å². The molecule has 1 aliphatic rings. The predicted molar refractivity (Wildman–Crippen MR) is 92.7 cm³/mol. The van der Waals surface area contributed by atoms with Gasteiger partial charge < -0.3 is 10.0 Å². The normalized spacial score (nSPS) is 16.8. The Labute approximate surface area is 142 Å². The molecule has 1 N–H and O–H groups in total. The minimum atomic E-state index is -0.494. The van der Waals surface area contributed by atoms with Crippen LogP contribution in [0.3, 0.4) is 0 Å². The van der Waals surface area contributed by atoms with Crippen LogP contribution in [0.25, 0.3) is 0 Å². The molecule has 2 aromatic rings. The van der Waals surface area contributed by atoms with E-state index >= 15 is 0 Å². The molecule has 1 aromatic carbocycles. The van der Waals surface area contributed by atoms with E-state index < -0.39 is 6.10 Å². The summed E-state index contributed by atoms with van der Waals surface area (Å²) in [6.07, 6.45) is -0.494. The van der Waals surface area contributed by atoms with Crippen molar-refractivity contribution in [2.24, 2.45) is 0 Å². The third kappa shape index (κ3) is 3.99. The van der Waals surface area contributed by atoms with Crippen LogP contribution in [0.2, 0.25) is 0 Å². The second kappa shape index (κ2) is 7.55. The Morgan fingerprint density at radius 2 is 1.79 bits per heavy atom. The van der Waals surface area contributed by atoms with Crippen molar-refractivity contribution < 1.29 is 9.90 Å². The molecule has 1 unspecified atom stereocenters. The molecule has 24 heavy (non-hydrogen) atoms. The molecule has 2 heterocycles. The van der Waals surface area contributed by atoms with Crippen molar-refractivity contribution in [2.45, 2.75) is 13.0 Å². The van der Waals surface area contributed by atoms with Gasteiger partial charge in [-0.05, 0) is 24.6 Å². The Kier molecular flexibility index (Phi) is 5.23. The number of carbonyl (C=O) groups is 1. The Morgan fingerprint density at radius 1 is 1.08 bits per heavy atom. The first kappa shape index (κ1) is 16.6. The molecule has 1 amide bonds. The molecule has 1 aromatic heterocycles. The SMILES string of the molecule is Cc1cccc(C(=O)N2CCN(CC(O)c3ccccc3)CC2)n1. The fourth-order valence-electron chi connectivity index (χ4n) is 2.98. The summed E-state index contributed by atoms with van der Waals surface area (Å²) in [5.41, 5.74) is 2.29. The summed E-state index contributed by atoms with van der Waals surface area (Å²) in [5, 5.41) is 10.3. The lowest BCUT2D eigenvalue weighted by atomic mass is 10.1. The highest BCUT2D eigenvalue weighted by Gasteiger charge is 2.24. The number of carbonyl (C=O) groups excluding carboxylic acids is 1. The number of aliphatic hydroxyl groups is 1. The van der Waals surface area contributed by atoms with E-state index in [1.54, 1.807) is 6.07 Å². The van der Waals surface area contributed by atoms with Crippen LogP contribution in [0, 0.1) is 6.92 Å². The lowest BCUT2D eigenvalue weighted by Crippen LogP contribution is -2.49. The molecule has 0 radical (unpaired) electrons. The highest BCUT2D eigenvalue weighted by atomic mass is 16.3. The fourth-order valence-corrected chi connectivity index (χ4v) is 2.98. The van der Waals surface area contributed by atoms with Crippen LogP contribution in [0.15, 0.2) is 48.5 Å². The lowest BCUT2D eigenvalue weighted by molar-refractivity contribution is 0.0523. The molecule has 5 nitrogen and oxygen atoms in total. The third-order valence-corrected chi connectivity index (χ3v) is 4.38. The van der Waals surface area contributed by atoms with Gasteiger partial charge in [-0.15, -0.1) is 0 Å². The maximum atomic E-state index is 12.5. The Balaban J connectivity index is 1.53. The molecule has 3 rings (SSSR count). The minimum Gasteiger partial charge on any atom is -0.387 e. The van der Waals surface area contributed by atoms with Gasteiger partial charge in [-0.2, -0.15) is 0 Å². The van der Waals surface area contributed by atoms with Gasteiger partial charge in [-0.25, -0.2) is 4.98 Å². The monoisotopic (exact) mass is 325 g/mol.